The number of rotatable bonds is 7. The van der Waals surface area contributed by atoms with E-state index in [1.54, 1.807) is 11.9 Å². The highest BCUT2D eigenvalue weighted by atomic mass is 16.5. The Bertz CT molecular complexity index is 151. The Morgan fingerprint density at radius 3 is 2.62 bits per heavy atom. The topological polar surface area (TPSA) is 70.0 Å². The summed E-state index contributed by atoms with van der Waals surface area (Å²) in [5.41, 5.74) is 0. The van der Waals surface area contributed by atoms with E-state index in [1.165, 1.54) is 7.11 Å². The lowest BCUT2D eigenvalue weighted by Gasteiger charge is -2.25. The zero-order valence-corrected chi connectivity index (χ0v) is 8.06. The van der Waals surface area contributed by atoms with E-state index in [1.807, 2.05) is 0 Å². The van der Waals surface area contributed by atoms with Crippen molar-refractivity contribution in [2.45, 2.75) is 12.5 Å². The molecule has 0 saturated heterocycles. The van der Waals surface area contributed by atoms with Crippen molar-refractivity contribution in [3.63, 3.8) is 0 Å². The lowest BCUT2D eigenvalue weighted by Crippen LogP contribution is -2.38. The molecule has 0 aliphatic carbocycles. The van der Waals surface area contributed by atoms with Crippen molar-refractivity contribution < 1.29 is 19.7 Å². The monoisotopic (exact) mass is 191 g/mol. The Kier molecular flexibility index (Phi) is 6.48. The highest BCUT2D eigenvalue weighted by Crippen LogP contribution is 2.02. The van der Waals surface area contributed by atoms with Crippen molar-refractivity contribution >= 4 is 5.97 Å². The first kappa shape index (κ1) is 12.3. The fourth-order valence-electron chi connectivity index (χ4n) is 1.08. The molecule has 0 aliphatic rings. The molecule has 13 heavy (non-hydrogen) atoms. The highest BCUT2D eigenvalue weighted by Gasteiger charge is 2.17. The zero-order valence-electron chi connectivity index (χ0n) is 8.06. The van der Waals surface area contributed by atoms with Gasteiger partial charge in [0, 0.05) is 19.7 Å². The molecule has 0 aliphatic heterocycles. The number of carboxylic acid groups (broad SMARTS) is 1. The van der Waals surface area contributed by atoms with Crippen molar-refractivity contribution in [3.05, 3.63) is 0 Å². The standard InChI is InChI=1S/C8H17NO4/c1-9(3-4-10)7(6-13-2)5-8(11)12/h7,10H,3-6H2,1-2H3,(H,11,12). The van der Waals surface area contributed by atoms with Crippen LogP contribution >= 0.6 is 0 Å². The van der Waals surface area contributed by atoms with Crippen LogP contribution in [0.15, 0.2) is 0 Å². The summed E-state index contributed by atoms with van der Waals surface area (Å²) < 4.78 is 4.89. The summed E-state index contributed by atoms with van der Waals surface area (Å²) in [5, 5.41) is 17.2. The summed E-state index contributed by atoms with van der Waals surface area (Å²) in [6.07, 6.45) is 0.0321. The number of likely N-dealkylation sites (N-methyl/N-ethyl adjacent to an activating group) is 1. The van der Waals surface area contributed by atoms with Gasteiger partial charge in [-0.25, -0.2) is 0 Å². The maximum Gasteiger partial charge on any atom is 0.305 e. The van der Waals surface area contributed by atoms with E-state index in [0.717, 1.165) is 0 Å². The van der Waals surface area contributed by atoms with Gasteiger partial charge in [-0.15, -0.1) is 0 Å². The van der Waals surface area contributed by atoms with Gasteiger partial charge in [0.25, 0.3) is 0 Å². The van der Waals surface area contributed by atoms with Crippen LogP contribution < -0.4 is 0 Å². The SMILES string of the molecule is COCC(CC(=O)O)N(C)CCO. The van der Waals surface area contributed by atoms with Gasteiger partial charge in [-0.2, -0.15) is 0 Å². The third-order valence-electron chi connectivity index (χ3n) is 1.85. The second-order valence-electron chi connectivity index (χ2n) is 2.91. The lowest BCUT2D eigenvalue weighted by atomic mass is 10.2. The van der Waals surface area contributed by atoms with E-state index in [9.17, 15) is 4.79 Å². The molecule has 2 N–H and O–H groups in total. The second-order valence-corrected chi connectivity index (χ2v) is 2.91. The number of hydrogen-bond acceptors (Lipinski definition) is 4. The summed E-state index contributed by atoms with van der Waals surface area (Å²) >= 11 is 0. The van der Waals surface area contributed by atoms with E-state index in [0.29, 0.717) is 13.2 Å². The number of hydrogen-bond donors (Lipinski definition) is 2. The molecule has 5 heteroatoms. The van der Waals surface area contributed by atoms with Gasteiger partial charge < -0.3 is 14.9 Å². The van der Waals surface area contributed by atoms with Crippen molar-refractivity contribution in [1.82, 2.24) is 4.90 Å². The summed E-state index contributed by atoms with van der Waals surface area (Å²) in [7, 11) is 3.30. The molecule has 0 aromatic carbocycles. The van der Waals surface area contributed by atoms with Crippen LogP contribution in [0.2, 0.25) is 0 Å². The van der Waals surface area contributed by atoms with E-state index in [-0.39, 0.29) is 19.1 Å². The van der Waals surface area contributed by atoms with Crippen LogP contribution in [0.25, 0.3) is 0 Å². The molecule has 78 valence electrons. The molecule has 0 radical (unpaired) electrons. The van der Waals surface area contributed by atoms with Gasteiger partial charge in [-0.3, -0.25) is 9.69 Å². The van der Waals surface area contributed by atoms with Crippen molar-refractivity contribution in [2.75, 3.05) is 33.9 Å². The molecule has 1 unspecified atom stereocenters. The quantitative estimate of drug-likeness (QED) is 0.562. The largest absolute Gasteiger partial charge is 0.481 e. The predicted octanol–water partition coefficient (Wildman–Crippen LogP) is -0.600. The molecule has 0 amide bonds. The highest BCUT2D eigenvalue weighted by molar-refractivity contribution is 5.67. The van der Waals surface area contributed by atoms with Crippen molar-refractivity contribution in [2.24, 2.45) is 0 Å². The third kappa shape index (κ3) is 5.57. The molecule has 0 spiro atoms. The van der Waals surface area contributed by atoms with Gasteiger partial charge in [-0.05, 0) is 7.05 Å². The molecule has 0 aromatic heterocycles. The fraction of sp³-hybridized carbons (Fsp3) is 0.875. The smallest absolute Gasteiger partial charge is 0.305 e. The van der Waals surface area contributed by atoms with E-state index in [4.69, 9.17) is 14.9 Å². The van der Waals surface area contributed by atoms with E-state index >= 15 is 0 Å². The fourth-order valence-corrected chi connectivity index (χ4v) is 1.08. The van der Waals surface area contributed by atoms with E-state index < -0.39 is 5.97 Å². The van der Waals surface area contributed by atoms with Crippen molar-refractivity contribution in [3.8, 4) is 0 Å². The Balaban J connectivity index is 3.97. The lowest BCUT2D eigenvalue weighted by molar-refractivity contribution is -0.138. The van der Waals surface area contributed by atoms with Gasteiger partial charge in [-0.1, -0.05) is 0 Å². The molecular formula is C8H17NO4. The van der Waals surface area contributed by atoms with Crippen LogP contribution in [-0.4, -0.2) is 61.0 Å². The third-order valence-corrected chi connectivity index (χ3v) is 1.85. The summed E-state index contributed by atoms with van der Waals surface area (Å²) in [5.74, 6) is -0.855. The second kappa shape index (κ2) is 6.82. The normalized spacial score (nSPS) is 13.2. The van der Waals surface area contributed by atoms with Gasteiger partial charge >= 0.3 is 5.97 Å². The molecule has 0 heterocycles. The Labute approximate surface area is 77.9 Å². The molecule has 0 bridgehead atoms. The molecule has 5 nitrogen and oxygen atoms in total. The minimum Gasteiger partial charge on any atom is -0.481 e. The van der Waals surface area contributed by atoms with Gasteiger partial charge in [0.2, 0.25) is 0 Å². The van der Waals surface area contributed by atoms with Gasteiger partial charge in [0.1, 0.15) is 0 Å². The summed E-state index contributed by atoms with van der Waals surface area (Å²) in [6.45, 7) is 0.848. The molecule has 1 atom stereocenters. The van der Waals surface area contributed by atoms with Crippen LogP contribution in [0.1, 0.15) is 6.42 Å². The maximum atomic E-state index is 10.4. The molecule has 0 rings (SSSR count). The van der Waals surface area contributed by atoms with Crippen LogP contribution in [0, 0.1) is 0 Å². The van der Waals surface area contributed by atoms with Crippen LogP contribution in [-0.2, 0) is 9.53 Å². The Morgan fingerprint density at radius 2 is 2.23 bits per heavy atom. The molecule has 0 aromatic rings. The number of methoxy groups -OCH3 is 1. The first-order valence-corrected chi connectivity index (χ1v) is 4.13. The van der Waals surface area contributed by atoms with Gasteiger partial charge in [0.15, 0.2) is 0 Å². The van der Waals surface area contributed by atoms with Crippen molar-refractivity contribution in [1.29, 1.82) is 0 Å². The Morgan fingerprint density at radius 1 is 1.62 bits per heavy atom. The summed E-state index contributed by atoms with van der Waals surface area (Å²) in [6, 6.07) is -0.172. The number of aliphatic hydroxyl groups excluding tert-OH is 1. The number of carbonyl (C=O) groups is 1. The first-order valence-electron chi connectivity index (χ1n) is 4.13. The Hall–Kier alpha value is -0.650. The zero-order chi connectivity index (χ0) is 10.3. The number of carboxylic acids is 1. The molecule has 0 fully saturated rings. The number of nitrogens with zero attached hydrogens (tertiary/aromatic N) is 1. The average Bonchev–Trinajstić information content (AvgIpc) is 2.03. The maximum absolute atomic E-state index is 10.4. The molecule has 0 saturated carbocycles. The molecular weight excluding hydrogens is 174 g/mol. The number of ether oxygens (including phenoxy) is 1. The van der Waals surface area contributed by atoms with Crippen LogP contribution in [0.4, 0.5) is 0 Å². The van der Waals surface area contributed by atoms with E-state index in [2.05, 4.69) is 0 Å². The summed E-state index contributed by atoms with van der Waals surface area (Å²) in [4.78, 5) is 12.2. The number of aliphatic hydroxyl groups is 1. The predicted molar refractivity (Wildman–Crippen MR) is 47.6 cm³/mol. The minimum atomic E-state index is -0.855. The van der Waals surface area contributed by atoms with Gasteiger partial charge in [0.05, 0.1) is 19.6 Å². The number of aliphatic carboxylic acids is 1. The minimum absolute atomic E-state index is 0.0241. The average molecular weight is 191 g/mol. The first-order chi connectivity index (χ1) is 6.11. The van der Waals surface area contributed by atoms with Crippen LogP contribution in [0.3, 0.4) is 0 Å². The van der Waals surface area contributed by atoms with Crippen LogP contribution in [0.5, 0.6) is 0 Å².